The molecule has 0 aliphatic heterocycles. The molecule has 0 amide bonds. The number of nitrogen functional groups attached to an aromatic ring is 1. The van der Waals surface area contributed by atoms with Crippen LogP contribution >= 0.6 is 0 Å². The van der Waals surface area contributed by atoms with Crippen molar-refractivity contribution in [1.29, 1.82) is 0 Å². The van der Waals surface area contributed by atoms with Crippen molar-refractivity contribution in [2.45, 2.75) is 26.9 Å². The van der Waals surface area contributed by atoms with Gasteiger partial charge in [0, 0.05) is 10.9 Å². The van der Waals surface area contributed by atoms with E-state index in [1.165, 1.54) is 6.92 Å². The molecule has 102 valence electrons. The Morgan fingerprint density at radius 3 is 2.26 bits per heavy atom. The number of pyridine rings is 1. The number of nitrogens with one attached hydrogen (secondary N) is 1. The monoisotopic (exact) mass is 269 g/mol. The zero-order valence-electron chi connectivity index (χ0n) is 10.8. The van der Waals surface area contributed by atoms with E-state index < -0.39 is 11.9 Å². The summed E-state index contributed by atoms with van der Waals surface area (Å²) in [6.07, 6.45) is -4.50. The Balaban J connectivity index is 2.96. The number of anilines is 1. The first-order valence-corrected chi connectivity index (χ1v) is 5.71. The molecule has 1 aromatic heterocycles. The number of fused-ring (bicyclic) bond motifs is 1. The number of benzene rings is 1. The normalized spacial score (nSPS) is 11.9. The number of nitrogens with zero attached hydrogens (tertiary/aromatic N) is 1. The average molecular weight is 269 g/mol. The lowest BCUT2D eigenvalue weighted by Crippen LogP contribution is -2.16. The maximum atomic E-state index is 13.0. The van der Waals surface area contributed by atoms with Gasteiger partial charge in [-0.2, -0.15) is 13.2 Å². The average Bonchev–Trinajstić information content (AvgIpc) is 2.32. The highest BCUT2D eigenvalue weighted by Crippen LogP contribution is 2.37. The predicted octanol–water partition coefficient (Wildman–Crippen LogP) is 3.46. The van der Waals surface area contributed by atoms with Gasteiger partial charge in [-0.1, -0.05) is 12.1 Å². The van der Waals surface area contributed by atoms with Gasteiger partial charge in [0.1, 0.15) is 5.69 Å². The Bertz CT molecular complexity index is 648. The van der Waals surface area contributed by atoms with E-state index in [2.05, 4.69) is 10.4 Å². The summed E-state index contributed by atoms with van der Waals surface area (Å²) in [5.41, 5.74) is 3.66. The van der Waals surface area contributed by atoms with Gasteiger partial charge in [0.25, 0.3) is 0 Å². The van der Waals surface area contributed by atoms with Crippen LogP contribution in [0.15, 0.2) is 12.1 Å². The van der Waals surface area contributed by atoms with E-state index in [1.807, 2.05) is 13.0 Å². The van der Waals surface area contributed by atoms with Crippen LogP contribution in [0.3, 0.4) is 0 Å². The summed E-state index contributed by atoms with van der Waals surface area (Å²) in [6, 6.07) is 3.57. The molecule has 0 aliphatic rings. The van der Waals surface area contributed by atoms with Crippen LogP contribution in [0.1, 0.15) is 22.4 Å². The molecule has 0 unspecified atom stereocenters. The molecule has 2 aromatic rings. The highest BCUT2D eigenvalue weighted by molar-refractivity contribution is 5.95. The Morgan fingerprint density at radius 2 is 1.74 bits per heavy atom. The lowest BCUT2D eigenvalue weighted by molar-refractivity contribution is -0.141. The standard InChI is InChI=1S/C13H14F3N3/c1-6-4-5-9-10(7(6)2)18-12(13(14,15)16)8(3)11(9)19-17/h4-5H,17H2,1-3H3,(H,18,19). The van der Waals surface area contributed by atoms with Gasteiger partial charge in [0.05, 0.1) is 11.2 Å². The van der Waals surface area contributed by atoms with Gasteiger partial charge in [0.2, 0.25) is 0 Å². The lowest BCUT2D eigenvalue weighted by Gasteiger charge is -2.17. The molecule has 0 saturated heterocycles. The number of aryl methyl sites for hydroxylation is 2. The zero-order valence-corrected chi connectivity index (χ0v) is 10.8. The molecule has 6 heteroatoms. The third-order valence-corrected chi connectivity index (χ3v) is 3.34. The summed E-state index contributed by atoms with van der Waals surface area (Å²) in [7, 11) is 0. The number of halogens is 3. The van der Waals surface area contributed by atoms with E-state index >= 15 is 0 Å². The molecule has 2 rings (SSSR count). The van der Waals surface area contributed by atoms with Gasteiger partial charge in [0.15, 0.2) is 0 Å². The number of hydrazine groups is 1. The molecule has 3 N–H and O–H groups in total. The van der Waals surface area contributed by atoms with Crippen LogP contribution in [0.4, 0.5) is 18.9 Å². The maximum absolute atomic E-state index is 13.0. The van der Waals surface area contributed by atoms with Gasteiger partial charge in [-0.25, -0.2) is 4.98 Å². The summed E-state index contributed by atoms with van der Waals surface area (Å²) in [5.74, 6) is 5.37. The minimum Gasteiger partial charge on any atom is -0.323 e. The molecule has 0 radical (unpaired) electrons. The van der Waals surface area contributed by atoms with Crippen molar-refractivity contribution in [1.82, 2.24) is 4.98 Å². The largest absolute Gasteiger partial charge is 0.433 e. The van der Waals surface area contributed by atoms with Crippen molar-refractivity contribution in [3.63, 3.8) is 0 Å². The molecule has 0 bridgehead atoms. The first-order valence-electron chi connectivity index (χ1n) is 5.71. The van der Waals surface area contributed by atoms with Crippen molar-refractivity contribution in [2.24, 2.45) is 5.84 Å². The van der Waals surface area contributed by atoms with Crippen molar-refractivity contribution in [3.8, 4) is 0 Å². The quantitative estimate of drug-likeness (QED) is 0.615. The SMILES string of the molecule is Cc1ccc2c(NN)c(C)c(C(F)(F)F)nc2c1C. The van der Waals surface area contributed by atoms with E-state index in [-0.39, 0.29) is 11.3 Å². The second-order valence-electron chi connectivity index (χ2n) is 4.51. The van der Waals surface area contributed by atoms with E-state index in [4.69, 9.17) is 5.84 Å². The zero-order chi connectivity index (χ0) is 14.4. The van der Waals surface area contributed by atoms with Crippen LogP contribution in [0, 0.1) is 20.8 Å². The van der Waals surface area contributed by atoms with Crippen LogP contribution in [0.2, 0.25) is 0 Å². The van der Waals surface area contributed by atoms with E-state index in [0.717, 1.165) is 11.1 Å². The summed E-state index contributed by atoms with van der Waals surface area (Å²) in [5, 5.41) is 0.594. The maximum Gasteiger partial charge on any atom is 0.433 e. The van der Waals surface area contributed by atoms with Crippen LogP contribution in [-0.4, -0.2) is 4.98 Å². The predicted molar refractivity (Wildman–Crippen MR) is 68.8 cm³/mol. The third kappa shape index (κ3) is 2.12. The third-order valence-electron chi connectivity index (χ3n) is 3.34. The number of rotatable bonds is 1. The Morgan fingerprint density at radius 1 is 1.11 bits per heavy atom. The Hall–Kier alpha value is -1.82. The van der Waals surface area contributed by atoms with Crippen LogP contribution in [0.25, 0.3) is 10.9 Å². The van der Waals surface area contributed by atoms with Crippen molar-refractivity contribution in [2.75, 3.05) is 5.43 Å². The van der Waals surface area contributed by atoms with Crippen LogP contribution in [0.5, 0.6) is 0 Å². The van der Waals surface area contributed by atoms with E-state index in [9.17, 15) is 13.2 Å². The molecule has 0 fully saturated rings. The molecule has 3 nitrogen and oxygen atoms in total. The van der Waals surface area contributed by atoms with Crippen molar-refractivity contribution >= 4 is 16.6 Å². The fraction of sp³-hybridized carbons (Fsp3) is 0.308. The molecule has 1 heterocycles. The second kappa shape index (κ2) is 4.38. The highest BCUT2D eigenvalue weighted by atomic mass is 19.4. The van der Waals surface area contributed by atoms with Crippen LogP contribution < -0.4 is 11.3 Å². The van der Waals surface area contributed by atoms with Gasteiger partial charge in [-0.3, -0.25) is 5.84 Å². The Kier molecular flexibility index (Phi) is 3.14. The summed E-state index contributed by atoms with van der Waals surface area (Å²) in [6.45, 7) is 4.94. The van der Waals surface area contributed by atoms with Crippen molar-refractivity contribution in [3.05, 3.63) is 34.5 Å². The minimum atomic E-state index is -4.50. The van der Waals surface area contributed by atoms with E-state index in [1.54, 1.807) is 13.0 Å². The molecule has 19 heavy (non-hydrogen) atoms. The van der Waals surface area contributed by atoms with Gasteiger partial charge in [-0.15, -0.1) is 0 Å². The smallest absolute Gasteiger partial charge is 0.323 e. The Labute approximate surface area is 108 Å². The number of alkyl halides is 3. The minimum absolute atomic E-state index is 0.00533. The van der Waals surface area contributed by atoms with Crippen molar-refractivity contribution < 1.29 is 13.2 Å². The molecule has 0 spiro atoms. The van der Waals surface area contributed by atoms with E-state index in [0.29, 0.717) is 10.9 Å². The number of nitrogens with two attached hydrogens (primary N) is 1. The highest BCUT2D eigenvalue weighted by Gasteiger charge is 2.36. The number of hydrogen-bond acceptors (Lipinski definition) is 3. The van der Waals surface area contributed by atoms with Gasteiger partial charge >= 0.3 is 6.18 Å². The molecular weight excluding hydrogens is 255 g/mol. The molecular formula is C13H14F3N3. The summed E-state index contributed by atoms with van der Waals surface area (Å²) >= 11 is 0. The number of hydrogen-bond donors (Lipinski definition) is 2. The molecule has 0 aliphatic carbocycles. The summed E-state index contributed by atoms with van der Waals surface area (Å²) < 4.78 is 39.0. The first-order chi connectivity index (χ1) is 8.77. The molecule has 1 aromatic carbocycles. The second-order valence-corrected chi connectivity index (χ2v) is 4.51. The van der Waals surface area contributed by atoms with Gasteiger partial charge < -0.3 is 5.43 Å². The fourth-order valence-corrected chi connectivity index (χ4v) is 2.12. The fourth-order valence-electron chi connectivity index (χ4n) is 2.12. The lowest BCUT2D eigenvalue weighted by atomic mass is 10.0. The first kappa shape index (κ1) is 13.6. The van der Waals surface area contributed by atoms with Crippen LogP contribution in [-0.2, 0) is 6.18 Å². The number of aromatic nitrogens is 1. The van der Waals surface area contributed by atoms with Gasteiger partial charge in [-0.05, 0) is 31.9 Å². The summed E-state index contributed by atoms with van der Waals surface area (Å²) in [4.78, 5) is 3.79. The topological polar surface area (TPSA) is 50.9 Å². The molecule has 0 atom stereocenters. The molecule has 0 saturated carbocycles.